The van der Waals surface area contributed by atoms with Crippen LogP contribution in [0.3, 0.4) is 0 Å². The van der Waals surface area contributed by atoms with E-state index in [2.05, 4.69) is 15.4 Å². The molecule has 0 bridgehead atoms. The molecule has 128 valence electrons. The van der Waals surface area contributed by atoms with E-state index in [0.29, 0.717) is 0 Å². The number of carboxylic acids is 1. The number of carboxylic acid groups (broad SMARTS) is 1. The van der Waals surface area contributed by atoms with E-state index in [1.165, 1.54) is 18.2 Å². The lowest BCUT2D eigenvalue weighted by Crippen LogP contribution is -2.40. The van der Waals surface area contributed by atoms with Crippen molar-refractivity contribution in [1.29, 1.82) is 0 Å². The maximum atomic E-state index is 12.0. The van der Waals surface area contributed by atoms with Gasteiger partial charge in [-0.3, -0.25) is 4.79 Å². The van der Waals surface area contributed by atoms with Crippen molar-refractivity contribution in [2.24, 2.45) is 0 Å². The second kappa shape index (κ2) is 8.92. The summed E-state index contributed by atoms with van der Waals surface area (Å²) in [6.07, 6.45) is -0.201. The van der Waals surface area contributed by atoms with Crippen LogP contribution in [-0.2, 0) is 14.8 Å². The van der Waals surface area contributed by atoms with Gasteiger partial charge in [0.15, 0.2) is 0 Å². The third-order valence-corrected chi connectivity index (χ3v) is 4.97. The molecule has 0 aliphatic heterocycles. The first-order valence-electron chi connectivity index (χ1n) is 6.41. The summed E-state index contributed by atoms with van der Waals surface area (Å²) >= 11 is 11.6. The van der Waals surface area contributed by atoms with E-state index in [4.69, 9.17) is 28.3 Å². The van der Waals surface area contributed by atoms with Gasteiger partial charge >= 0.3 is 12.0 Å². The molecular formula is C12H15Cl2N3O5S. The van der Waals surface area contributed by atoms with Crippen molar-refractivity contribution in [2.75, 3.05) is 19.6 Å². The van der Waals surface area contributed by atoms with Crippen LogP contribution < -0.4 is 15.4 Å². The number of nitrogens with one attached hydrogen (secondary N) is 3. The minimum atomic E-state index is -3.86. The smallest absolute Gasteiger partial charge is 0.314 e. The Morgan fingerprint density at radius 3 is 2.39 bits per heavy atom. The highest BCUT2D eigenvalue weighted by Gasteiger charge is 2.18. The van der Waals surface area contributed by atoms with Gasteiger partial charge in [-0.15, -0.1) is 0 Å². The van der Waals surface area contributed by atoms with Crippen LogP contribution in [0.15, 0.2) is 23.1 Å². The number of carbonyl (C=O) groups excluding carboxylic acids is 1. The van der Waals surface area contributed by atoms with Gasteiger partial charge in [0.2, 0.25) is 10.0 Å². The highest BCUT2D eigenvalue weighted by molar-refractivity contribution is 7.89. The molecule has 0 aliphatic carbocycles. The zero-order valence-corrected chi connectivity index (χ0v) is 14.1. The average molecular weight is 384 g/mol. The Hall–Kier alpha value is -1.55. The van der Waals surface area contributed by atoms with Gasteiger partial charge in [-0.1, -0.05) is 29.3 Å². The zero-order valence-electron chi connectivity index (χ0n) is 11.8. The molecule has 11 heteroatoms. The first-order chi connectivity index (χ1) is 10.7. The predicted octanol–water partition coefficient (Wildman–Crippen LogP) is 1.05. The van der Waals surface area contributed by atoms with Gasteiger partial charge in [0, 0.05) is 19.6 Å². The SMILES string of the molecule is O=C(O)CCNC(=O)NCCNS(=O)(=O)c1cccc(Cl)c1Cl. The molecule has 0 aliphatic rings. The monoisotopic (exact) mass is 383 g/mol. The summed E-state index contributed by atoms with van der Waals surface area (Å²) in [5.41, 5.74) is 0. The first-order valence-corrected chi connectivity index (χ1v) is 8.65. The van der Waals surface area contributed by atoms with Crippen molar-refractivity contribution < 1.29 is 23.1 Å². The van der Waals surface area contributed by atoms with Crippen LogP contribution in [-0.4, -0.2) is 45.2 Å². The fourth-order valence-corrected chi connectivity index (χ4v) is 3.27. The lowest BCUT2D eigenvalue weighted by molar-refractivity contribution is -0.136. The van der Waals surface area contributed by atoms with Crippen LogP contribution in [0, 0.1) is 0 Å². The van der Waals surface area contributed by atoms with E-state index in [9.17, 15) is 18.0 Å². The topological polar surface area (TPSA) is 125 Å². The number of amides is 2. The van der Waals surface area contributed by atoms with Gasteiger partial charge in [0.25, 0.3) is 0 Å². The van der Waals surface area contributed by atoms with E-state index >= 15 is 0 Å². The molecule has 1 aromatic carbocycles. The summed E-state index contributed by atoms with van der Waals surface area (Å²) < 4.78 is 26.4. The Kier molecular flexibility index (Phi) is 7.56. The number of rotatable bonds is 8. The molecule has 23 heavy (non-hydrogen) atoms. The normalized spacial score (nSPS) is 11.0. The number of halogens is 2. The predicted molar refractivity (Wildman–Crippen MR) is 85.3 cm³/mol. The van der Waals surface area contributed by atoms with Crippen LogP contribution >= 0.6 is 23.2 Å². The van der Waals surface area contributed by atoms with Crippen molar-refractivity contribution in [3.63, 3.8) is 0 Å². The molecule has 1 rings (SSSR count). The molecular weight excluding hydrogens is 369 g/mol. The third kappa shape index (κ3) is 6.61. The summed E-state index contributed by atoms with van der Waals surface area (Å²) in [5, 5.41) is 13.1. The van der Waals surface area contributed by atoms with Crippen molar-refractivity contribution in [1.82, 2.24) is 15.4 Å². The molecule has 0 heterocycles. The number of urea groups is 1. The molecule has 0 unspecified atom stereocenters. The molecule has 0 spiro atoms. The summed E-state index contributed by atoms with van der Waals surface area (Å²) in [6, 6.07) is 3.64. The number of aliphatic carboxylic acids is 1. The van der Waals surface area contributed by atoms with Gasteiger partial charge in [-0.2, -0.15) is 0 Å². The molecule has 0 atom stereocenters. The second-order valence-electron chi connectivity index (χ2n) is 4.28. The number of benzene rings is 1. The van der Waals surface area contributed by atoms with Crippen LogP contribution in [0.25, 0.3) is 0 Å². The van der Waals surface area contributed by atoms with Crippen molar-refractivity contribution in [3.8, 4) is 0 Å². The number of hydrogen-bond acceptors (Lipinski definition) is 4. The van der Waals surface area contributed by atoms with E-state index in [1.807, 2.05) is 0 Å². The Morgan fingerprint density at radius 2 is 1.74 bits per heavy atom. The standard InChI is InChI=1S/C12H15Cl2N3O5S/c13-8-2-1-3-9(11(8)14)23(21,22)17-7-6-16-12(20)15-5-4-10(18)19/h1-3,17H,4-7H2,(H,18,19)(H2,15,16,20). The zero-order chi connectivity index (χ0) is 17.5. The molecule has 0 radical (unpaired) electrons. The highest BCUT2D eigenvalue weighted by atomic mass is 35.5. The minimum absolute atomic E-state index is 0.0102. The molecule has 4 N–H and O–H groups in total. The molecule has 8 nitrogen and oxygen atoms in total. The Bertz CT molecular complexity index is 681. The molecule has 1 aromatic rings. The van der Waals surface area contributed by atoms with Crippen molar-refractivity contribution >= 4 is 45.2 Å². The quantitative estimate of drug-likeness (QED) is 0.499. The molecule has 0 fully saturated rings. The Morgan fingerprint density at radius 1 is 1.09 bits per heavy atom. The highest BCUT2D eigenvalue weighted by Crippen LogP contribution is 2.28. The van der Waals surface area contributed by atoms with Gasteiger partial charge in [0.05, 0.1) is 16.5 Å². The van der Waals surface area contributed by atoms with Crippen molar-refractivity contribution in [3.05, 3.63) is 28.2 Å². The van der Waals surface area contributed by atoms with E-state index < -0.39 is 22.0 Å². The van der Waals surface area contributed by atoms with Gasteiger partial charge < -0.3 is 15.7 Å². The van der Waals surface area contributed by atoms with E-state index in [0.717, 1.165) is 0 Å². The number of sulfonamides is 1. The minimum Gasteiger partial charge on any atom is -0.481 e. The molecule has 0 aromatic heterocycles. The fraction of sp³-hybridized carbons (Fsp3) is 0.333. The largest absolute Gasteiger partial charge is 0.481 e. The second-order valence-corrected chi connectivity index (χ2v) is 6.80. The maximum absolute atomic E-state index is 12.0. The van der Waals surface area contributed by atoms with E-state index in [-0.39, 0.29) is 41.0 Å². The number of carbonyl (C=O) groups is 2. The van der Waals surface area contributed by atoms with E-state index in [1.54, 1.807) is 0 Å². The summed E-state index contributed by atoms with van der Waals surface area (Å²) in [6.45, 7) is -0.0845. The fourth-order valence-electron chi connectivity index (χ4n) is 1.48. The summed E-state index contributed by atoms with van der Waals surface area (Å²) in [4.78, 5) is 21.4. The molecule has 0 saturated carbocycles. The van der Waals surface area contributed by atoms with Crippen LogP contribution in [0.2, 0.25) is 10.0 Å². The van der Waals surface area contributed by atoms with Gasteiger partial charge in [0.1, 0.15) is 4.90 Å². The Balaban J connectivity index is 2.41. The lowest BCUT2D eigenvalue weighted by atomic mass is 10.4. The number of hydrogen-bond donors (Lipinski definition) is 4. The summed E-state index contributed by atoms with van der Waals surface area (Å²) in [5.74, 6) is -1.03. The van der Waals surface area contributed by atoms with Crippen LogP contribution in [0.5, 0.6) is 0 Å². The average Bonchev–Trinajstić information content (AvgIpc) is 2.46. The summed E-state index contributed by atoms with van der Waals surface area (Å²) in [7, 11) is -3.86. The molecule has 0 saturated heterocycles. The Labute approximate surface area is 143 Å². The van der Waals surface area contributed by atoms with Gasteiger partial charge in [-0.25, -0.2) is 17.9 Å². The van der Waals surface area contributed by atoms with Crippen molar-refractivity contribution in [2.45, 2.75) is 11.3 Å². The van der Waals surface area contributed by atoms with Crippen LogP contribution in [0.4, 0.5) is 4.79 Å². The van der Waals surface area contributed by atoms with Crippen LogP contribution in [0.1, 0.15) is 6.42 Å². The third-order valence-electron chi connectivity index (χ3n) is 2.53. The van der Waals surface area contributed by atoms with Gasteiger partial charge in [-0.05, 0) is 12.1 Å². The maximum Gasteiger partial charge on any atom is 0.314 e. The lowest BCUT2D eigenvalue weighted by Gasteiger charge is -2.10. The first kappa shape index (κ1) is 19.5. The molecule has 2 amide bonds.